The first-order valence-corrected chi connectivity index (χ1v) is 23.3. The van der Waals surface area contributed by atoms with Gasteiger partial charge in [0.05, 0.1) is 11.4 Å². The van der Waals surface area contributed by atoms with E-state index < -0.39 is 0 Å². The number of anilines is 6. The van der Waals surface area contributed by atoms with Gasteiger partial charge in [-0.05, 0) is 95.1 Å². The van der Waals surface area contributed by atoms with E-state index in [1.807, 2.05) is 22.7 Å². The molecule has 0 N–H and O–H groups in total. The normalized spacial score (nSPS) is 11.4. The van der Waals surface area contributed by atoms with Crippen LogP contribution >= 0.6 is 22.7 Å². The number of para-hydroxylation sites is 2. The maximum Gasteiger partial charge on any atom is 0.0540 e. The zero-order valence-corrected chi connectivity index (χ0v) is 36.4. The Morgan fingerprint density at radius 3 is 1.00 bits per heavy atom. The smallest absolute Gasteiger partial charge is 0.0540 e. The molecule has 4 heteroatoms. The highest BCUT2D eigenvalue weighted by atomic mass is 32.1. The third-order valence-corrected chi connectivity index (χ3v) is 14.6. The Hall–Kier alpha value is -7.76. The van der Waals surface area contributed by atoms with Gasteiger partial charge in [-0.1, -0.05) is 170 Å². The van der Waals surface area contributed by atoms with Crippen molar-refractivity contribution >= 4 is 97.1 Å². The van der Waals surface area contributed by atoms with Gasteiger partial charge in [0.15, 0.2) is 0 Å². The summed E-state index contributed by atoms with van der Waals surface area (Å²) < 4.78 is 5.13. The average Bonchev–Trinajstić information content (AvgIpc) is 3.93. The molecular weight excluding hydrogens is 813 g/mol. The van der Waals surface area contributed by atoms with Crippen LogP contribution in [0.4, 0.5) is 34.1 Å². The molecule has 0 fully saturated rings. The predicted octanol–water partition coefficient (Wildman–Crippen LogP) is 18.4. The first kappa shape index (κ1) is 38.0. The Morgan fingerprint density at radius 1 is 0.234 bits per heavy atom. The van der Waals surface area contributed by atoms with Gasteiger partial charge in [0, 0.05) is 74.2 Å². The number of fused-ring (bicyclic) bond motifs is 6. The number of hydrogen-bond donors (Lipinski definition) is 0. The van der Waals surface area contributed by atoms with Crippen LogP contribution in [0.15, 0.2) is 243 Å². The molecule has 2 nitrogen and oxygen atoms in total. The Bertz CT molecular complexity index is 3370. The number of hydrogen-bond acceptors (Lipinski definition) is 4. The van der Waals surface area contributed by atoms with Crippen LogP contribution in [0.3, 0.4) is 0 Å². The predicted molar refractivity (Wildman–Crippen MR) is 278 cm³/mol. The van der Waals surface area contributed by atoms with Crippen molar-refractivity contribution in [2.45, 2.75) is 0 Å². The summed E-state index contributed by atoms with van der Waals surface area (Å²) in [5.74, 6) is 0. The minimum absolute atomic E-state index is 1.09. The highest BCUT2D eigenvalue weighted by molar-refractivity contribution is 7.26. The fourth-order valence-corrected chi connectivity index (χ4v) is 11.5. The molecule has 0 aliphatic heterocycles. The zero-order valence-electron chi connectivity index (χ0n) is 34.8. The number of nitrogens with zero attached hydrogens (tertiary/aromatic N) is 2. The van der Waals surface area contributed by atoms with Crippen molar-refractivity contribution in [3.8, 4) is 33.4 Å². The molecule has 0 atom stereocenters. The Labute approximate surface area is 380 Å². The topological polar surface area (TPSA) is 6.48 Å². The molecule has 0 amide bonds. The molecule has 302 valence electrons. The largest absolute Gasteiger partial charge is 0.310 e. The number of benzene rings is 10. The lowest BCUT2D eigenvalue weighted by atomic mass is 9.98. The van der Waals surface area contributed by atoms with Gasteiger partial charge in [-0.25, -0.2) is 0 Å². The fourth-order valence-electron chi connectivity index (χ4n) is 9.22. The molecule has 0 saturated heterocycles. The van der Waals surface area contributed by atoms with E-state index in [1.54, 1.807) is 0 Å². The fraction of sp³-hybridized carbons (Fsp3) is 0. The second-order valence-electron chi connectivity index (χ2n) is 16.1. The maximum absolute atomic E-state index is 2.44. The van der Waals surface area contributed by atoms with Gasteiger partial charge in [0.2, 0.25) is 0 Å². The summed E-state index contributed by atoms with van der Waals surface area (Å²) in [7, 11) is 0. The number of thiophene rings is 2. The van der Waals surface area contributed by atoms with Gasteiger partial charge in [0.1, 0.15) is 0 Å². The molecule has 0 aliphatic rings. The summed E-state index contributed by atoms with van der Waals surface area (Å²) in [6, 6.07) is 88.5. The molecule has 0 bridgehead atoms. The van der Waals surface area contributed by atoms with Crippen molar-refractivity contribution in [3.05, 3.63) is 243 Å². The minimum atomic E-state index is 1.09. The van der Waals surface area contributed by atoms with Crippen molar-refractivity contribution in [2.75, 3.05) is 9.80 Å². The summed E-state index contributed by atoms with van der Waals surface area (Å²) in [4.78, 5) is 4.87. The summed E-state index contributed by atoms with van der Waals surface area (Å²) in [5, 5.41) is 5.17. The molecule has 0 radical (unpaired) electrons. The Balaban J connectivity index is 1.05. The van der Waals surface area contributed by atoms with Crippen LogP contribution in [0.5, 0.6) is 0 Å². The highest BCUT2D eigenvalue weighted by Gasteiger charge is 2.23. The Kier molecular flexibility index (Phi) is 9.59. The van der Waals surface area contributed by atoms with E-state index in [1.165, 1.54) is 62.6 Å². The molecule has 2 aromatic heterocycles. The van der Waals surface area contributed by atoms with Gasteiger partial charge in [-0.15, -0.1) is 22.7 Å². The molecule has 0 unspecified atom stereocenters. The third kappa shape index (κ3) is 6.81. The minimum Gasteiger partial charge on any atom is -0.310 e. The van der Waals surface area contributed by atoms with Gasteiger partial charge in [-0.3, -0.25) is 0 Å². The summed E-state index contributed by atoms with van der Waals surface area (Å²) in [5.41, 5.74) is 13.7. The standard InChI is InChI=1S/C60H40N2S2/c1-3-15-41(16-4-1)43-27-31-45(32-28-43)61(47-35-37-53-51-21-9-13-25-57(51)63-59(53)39-47)55-23-11-7-19-49(55)50-20-8-12-24-56(50)62(46-33-29-44(30-34-46)42-17-5-2-6-18-42)48-36-38-54-52-22-10-14-26-58(52)64-60(54)40-48/h1-40H. The molecule has 64 heavy (non-hydrogen) atoms. The van der Waals surface area contributed by atoms with Crippen molar-refractivity contribution in [2.24, 2.45) is 0 Å². The summed E-state index contributed by atoms with van der Waals surface area (Å²) >= 11 is 3.71. The van der Waals surface area contributed by atoms with E-state index >= 15 is 0 Å². The van der Waals surface area contributed by atoms with Crippen molar-refractivity contribution in [1.29, 1.82) is 0 Å². The third-order valence-electron chi connectivity index (χ3n) is 12.3. The van der Waals surface area contributed by atoms with E-state index in [-0.39, 0.29) is 0 Å². The van der Waals surface area contributed by atoms with Crippen LogP contribution in [-0.4, -0.2) is 0 Å². The lowest BCUT2D eigenvalue weighted by molar-refractivity contribution is 1.27. The van der Waals surface area contributed by atoms with Crippen molar-refractivity contribution in [3.63, 3.8) is 0 Å². The summed E-state index contributed by atoms with van der Waals surface area (Å²) in [6.07, 6.45) is 0. The molecule has 12 aromatic rings. The SMILES string of the molecule is c1ccc(-c2ccc(N(c3ccc4c(c3)sc3ccccc34)c3ccccc3-c3ccccc3N(c3ccc(-c4ccccc4)cc3)c3ccc4c(c3)sc3ccccc34)cc2)cc1. The Morgan fingerprint density at radius 2 is 0.562 bits per heavy atom. The molecule has 0 saturated carbocycles. The lowest BCUT2D eigenvalue weighted by Gasteiger charge is -2.31. The van der Waals surface area contributed by atoms with Crippen LogP contribution in [-0.2, 0) is 0 Å². The second kappa shape index (κ2) is 16.2. The van der Waals surface area contributed by atoms with Crippen LogP contribution < -0.4 is 9.80 Å². The number of rotatable bonds is 9. The van der Waals surface area contributed by atoms with Crippen LogP contribution in [0.2, 0.25) is 0 Å². The van der Waals surface area contributed by atoms with Gasteiger partial charge in [-0.2, -0.15) is 0 Å². The van der Waals surface area contributed by atoms with Crippen molar-refractivity contribution in [1.82, 2.24) is 0 Å². The van der Waals surface area contributed by atoms with E-state index in [4.69, 9.17) is 0 Å². The van der Waals surface area contributed by atoms with Crippen LogP contribution in [0, 0.1) is 0 Å². The van der Waals surface area contributed by atoms with E-state index in [9.17, 15) is 0 Å². The first-order chi connectivity index (χ1) is 31.7. The van der Waals surface area contributed by atoms with E-state index in [0.29, 0.717) is 0 Å². The summed E-state index contributed by atoms with van der Waals surface area (Å²) in [6.45, 7) is 0. The molecule has 2 heterocycles. The quantitative estimate of drug-likeness (QED) is 0.143. The zero-order chi connectivity index (χ0) is 42.4. The molecular formula is C60H40N2S2. The maximum atomic E-state index is 2.44. The highest BCUT2D eigenvalue weighted by Crippen LogP contribution is 2.49. The van der Waals surface area contributed by atoms with E-state index in [0.717, 1.165) is 45.3 Å². The lowest BCUT2D eigenvalue weighted by Crippen LogP contribution is -2.13. The van der Waals surface area contributed by atoms with Gasteiger partial charge >= 0.3 is 0 Å². The first-order valence-electron chi connectivity index (χ1n) is 21.7. The average molecular weight is 853 g/mol. The second-order valence-corrected chi connectivity index (χ2v) is 18.3. The van der Waals surface area contributed by atoms with Crippen LogP contribution in [0.1, 0.15) is 0 Å². The molecule has 0 spiro atoms. The monoisotopic (exact) mass is 852 g/mol. The van der Waals surface area contributed by atoms with Crippen molar-refractivity contribution < 1.29 is 0 Å². The van der Waals surface area contributed by atoms with E-state index in [2.05, 4.69) is 252 Å². The molecule has 12 rings (SSSR count). The molecule has 0 aliphatic carbocycles. The molecule has 10 aromatic carbocycles. The van der Waals surface area contributed by atoms with Crippen LogP contribution in [0.25, 0.3) is 73.7 Å². The van der Waals surface area contributed by atoms with Gasteiger partial charge in [0.25, 0.3) is 0 Å². The van der Waals surface area contributed by atoms with Gasteiger partial charge < -0.3 is 9.80 Å².